The summed E-state index contributed by atoms with van der Waals surface area (Å²) in [4.78, 5) is 37.8. The molecule has 51 heavy (non-hydrogen) atoms. The molecule has 2 N–H and O–H groups in total. The Kier molecular flexibility index (Phi) is 9.03. The molecule has 0 fully saturated rings. The van der Waals surface area contributed by atoms with Gasteiger partial charge in [-0.2, -0.15) is 15.1 Å². The number of anilines is 2. The van der Waals surface area contributed by atoms with Gasteiger partial charge in [0.2, 0.25) is 17.5 Å². The van der Waals surface area contributed by atoms with Gasteiger partial charge in [0.1, 0.15) is 28.3 Å². The average Bonchev–Trinajstić information content (AvgIpc) is 3.73. The first-order chi connectivity index (χ1) is 24.7. The van der Waals surface area contributed by atoms with Crippen molar-refractivity contribution in [3.8, 4) is 28.6 Å². The molecular formula is C38H35FN8O4. The summed E-state index contributed by atoms with van der Waals surface area (Å²) in [6.45, 7) is 0.784. The number of furan rings is 1. The van der Waals surface area contributed by atoms with Gasteiger partial charge in [0.05, 0.1) is 11.8 Å². The van der Waals surface area contributed by atoms with Gasteiger partial charge in [0.25, 0.3) is 11.5 Å². The first-order valence-corrected chi connectivity index (χ1v) is 16.3. The molecule has 4 aromatic heterocycles. The molecule has 258 valence electrons. The van der Waals surface area contributed by atoms with E-state index in [1.54, 1.807) is 48.3 Å². The van der Waals surface area contributed by atoms with E-state index >= 15 is 0 Å². The van der Waals surface area contributed by atoms with E-state index in [0.29, 0.717) is 45.8 Å². The topological polar surface area (TPSA) is 132 Å². The Labute approximate surface area is 292 Å². The summed E-state index contributed by atoms with van der Waals surface area (Å²) in [5, 5.41) is 10.8. The fraction of sp³-hybridized carbons (Fsp3) is 0.184. The second kappa shape index (κ2) is 13.9. The smallest absolute Gasteiger partial charge is 0.267 e. The van der Waals surface area contributed by atoms with Crippen molar-refractivity contribution in [1.82, 2.24) is 29.2 Å². The highest BCUT2D eigenvalue weighted by molar-refractivity contribution is 6.04. The van der Waals surface area contributed by atoms with Crippen LogP contribution >= 0.6 is 0 Å². The minimum Gasteiger partial charge on any atom is -0.438 e. The minimum absolute atomic E-state index is 0.0454. The summed E-state index contributed by atoms with van der Waals surface area (Å²) in [6, 6.07) is 15.2. The van der Waals surface area contributed by atoms with Crippen LogP contribution in [-0.4, -0.2) is 62.8 Å². The molecular weight excluding hydrogens is 651 g/mol. The maximum Gasteiger partial charge on any atom is 0.267 e. The maximum atomic E-state index is 13.4. The molecule has 0 saturated heterocycles. The highest BCUT2D eigenvalue weighted by atomic mass is 19.1. The number of halogens is 1. The minimum atomic E-state index is -0.588. The fourth-order valence-electron chi connectivity index (χ4n) is 6.09. The van der Waals surface area contributed by atoms with Crippen LogP contribution in [0.3, 0.4) is 0 Å². The van der Waals surface area contributed by atoms with Crippen molar-refractivity contribution in [2.24, 2.45) is 7.05 Å². The number of likely N-dealkylation sites (N-methyl/N-ethyl adjacent to an activating group) is 1. The number of amides is 1. The zero-order valence-corrected chi connectivity index (χ0v) is 28.4. The Hall–Kier alpha value is -6.34. The number of allylic oxidation sites excluding steroid dienone is 2. The summed E-state index contributed by atoms with van der Waals surface area (Å²) in [5.74, 6) is 0.664. The highest BCUT2D eigenvalue weighted by Gasteiger charge is 2.29. The number of pyridine rings is 1. The highest BCUT2D eigenvalue weighted by Crippen LogP contribution is 2.45. The molecule has 6 aromatic rings. The Bertz CT molecular complexity index is 2350. The molecule has 2 aromatic carbocycles. The van der Waals surface area contributed by atoms with Crippen molar-refractivity contribution in [3.05, 3.63) is 130 Å². The predicted molar refractivity (Wildman–Crippen MR) is 193 cm³/mol. The summed E-state index contributed by atoms with van der Waals surface area (Å²) >= 11 is 0. The molecule has 1 atom stereocenters. The van der Waals surface area contributed by atoms with Crippen LogP contribution in [0.2, 0.25) is 0 Å². The van der Waals surface area contributed by atoms with Crippen LogP contribution in [0.15, 0.2) is 112 Å². The van der Waals surface area contributed by atoms with Crippen LogP contribution in [0.5, 0.6) is 11.6 Å². The van der Waals surface area contributed by atoms with E-state index in [4.69, 9.17) is 14.1 Å². The van der Waals surface area contributed by atoms with Crippen LogP contribution in [-0.2, 0) is 7.05 Å². The van der Waals surface area contributed by atoms with Crippen LogP contribution in [0.25, 0.3) is 28.1 Å². The SMILES string of the molecule is CNc1nc(Oc2ccc(NC(=O)c3cccn(-c4ccc(F)cc4)c3=O)cc2)c2c(C3C=C(CN(C)C)C=CC3)c(-c3cnn(C)c3)oc2n1. The first kappa shape index (κ1) is 33.2. The zero-order chi connectivity index (χ0) is 35.6. The van der Waals surface area contributed by atoms with Crippen molar-refractivity contribution >= 4 is 28.6 Å². The van der Waals surface area contributed by atoms with Gasteiger partial charge in [0.15, 0.2) is 0 Å². The summed E-state index contributed by atoms with van der Waals surface area (Å²) in [7, 11) is 7.65. The molecule has 0 saturated carbocycles. The number of nitrogens with one attached hydrogen (secondary N) is 2. The lowest BCUT2D eigenvalue weighted by Gasteiger charge is -2.20. The number of benzene rings is 2. The van der Waals surface area contributed by atoms with Crippen LogP contribution in [0.4, 0.5) is 16.0 Å². The van der Waals surface area contributed by atoms with E-state index in [1.807, 2.05) is 27.3 Å². The number of carbonyl (C=O) groups is 1. The summed E-state index contributed by atoms with van der Waals surface area (Å²) < 4.78 is 29.4. The second-order valence-electron chi connectivity index (χ2n) is 12.4. The van der Waals surface area contributed by atoms with Gasteiger partial charge in [-0.3, -0.25) is 18.8 Å². The summed E-state index contributed by atoms with van der Waals surface area (Å²) in [6.07, 6.45) is 12.5. The van der Waals surface area contributed by atoms with E-state index in [0.717, 1.165) is 24.1 Å². The Morgan fingerprint density at radius 2 is 1.88 bits per heavy atom. The van der Waals surface area contributed by atoms with Crippen molar-refractivity contribution in [2.75, 3.05) is 38.3 Å². The van der Waals surface area contributed by atoms with Crippen LogP contribution in [0.1, 0.15) is 28.3 Å². The lowest BCUT2D eigenvalue weighted by atomic mass is 9.87. The number of hydrogen-bond donors (Lipinski definition) is 2. The number of carbonyl (C=O) groups excluding carboxylic acids is 1. The van der Waals surface area contributed by atoms with Crippen molar-refractivity contribution in [2.45, 2.75) is 12.3 Å². The van der Waals surface area contributed by atoms with E-state index < -0.39 is 17.3 Å². The molecule has 4 heterocycles. The maximum absolute atomic E-state index is 13.4. The summed E-state index contributed by atoms with van der Waals surface area (Å²) in [5.41, 5.74) is 3.54. The fourth-order valence-corrected chi connectivity index (χ4v) is 6.09. The van der Waals surface area contributed by atoms with Gasteiger partial charge in [-0.05, 0) is 86.8 Å². The Morgan fingerprint density at radius 3 is 2.59 bits per heavy atom. The molecule has 0 bridgehead atoms. The van der Waals surface area contributed by atoms with E-state index in [1.165, 1.54) is 46.7 Å². The number of rotatable bonds is 10. The third kappa shape index (κ3) is 6.92. The molecule has 1 aliphatic rings. The first-order valence-electron chi connectivity index (χ1n) is 16.3. The molecule has 0 spiro atoms. The molecule has 1 aliphatic carbocycles. The number of aromatic nitrogens is 5. The number of ether oxygens (including phenoxy) is 1. The molecule has 1 unspecified atom stereocenters. The van der Waals surface area contributed by atoms with Crippen molar-refractivity contribution in [1.29, 1.82) is 0 Å². The molecule has 13 heteroatoms. The normalized spacial score (nSPS) is 14.2. The van der Waals surface area contributed by atoms with Crippen LogP contribution < -0.4 is 20.9 Å². The molecule has 0 radical (unpaired) electrons. The van der Waals surface area contributed by atoms with Crippen molar-refractivity contribution in [3.63, 3.8) is 0 Å². The van der Waals surface area contributed by atoms with Gasteiger partial charge in [-0.15, -0.1) is 0 Å². The average molecular weight is 687 g/mol. The third-order valence-corrected chi connectivity index (χ3v) is 8.38. The number of nitrogens with zero attached hydrogens (tertiary/aromatic N) is 6. The third-order valence-electron chi connectivity index (χ3n) is 8.38. The zero-order valence-electron chi connectivity index (χ0n) is 28.4. The standard InChI is InChI=1S/C38H35FN8O4/c1-40-38-43-35(32-31(24-8-5-7-23(19-24)21-45(2)3)33(51-36(32)44-38)25-20-41-46(4)22-25)50-29-16-12-27(13-17-29)42-34(48)30-9-6-18-47(37(30)49)28-14-10-26(39)11-15-28/h5-7,9-20,22,24H,8,21H2,1-4H3,(H,42,48)(H,40,43,44). The van der Waals surface area contributed by atoms with Gasteiger partial charge < -0.3 is 24.7 Å². The monoisotopic (exact) mass is 686 g/mol. The van der Waals surface area contributed by atoms with Gasteiger partial charge in [-0.25, -0.2) is 4.39 Å². The Morgan fingerprint density at radius 1 is 1.10 bits per heavy atom. The van der Waals surface area contributed by atoms with Gasteiger partial charge >= 0.3 is 0 Å². The number of aryl methyl sites for hydroxylation is 1. The van der Waals surface area contributed by atoms with Crippen LogP contribution in [0, 0.1) is 5.82 Å². The Balaban J connectivity index is 1.21. The molecule has 7 rings (SSSR count). The van der Waals surface area contributed by atoms with Crippen molar-refractivity contribution < 1.29 is 18.3 Å². The molecule has 0 aliphatic heterocycles. The quantitative estimate of drug-likeness (QED) is 0.165. The molecule has 12 nitrogen and oxygen atoms in total. The second-order valence-corrected chi connectivity index (χ2v) is 12.4. The van der Waals surface area contributed by atoms with Gasteiger partial charge in [0, 0.05) is 55.9 Å². The molecule has 1 amide bonds. The van der Waals surface area contributed by atoms with E-state index in [9.17, 15) is 14.0 Å². The van der Waals surface area contributed by atoms with E-state index in [-0.39, 0.29) is 11.5 Å². The lowest BCUT2D eigenvalue weighted by Crippen LogP contribution is -2.27. The largest absolute Gasteiger partial charge is 0.438 e. The lowest BCUT2D eigenvalue weighted by molar-refractivity contribution is 0.102. The number of fused-ring (bicyclic) bond motifs is 1. The van der Waals surface area contributed by atoms with Gasteiger partial charge in [-0.1, -0.05) is 18.2 Å². The predicted octanol–water partition coefficient (Wildman–Crippen LogP) is 6.53. The van der Waals surface area contributed by atoms with E-state index in [2.05, 4.69) is 43.8 Å². The number of hydrogen-bond acceptors (Lipinski definition) is 9.